The van der Waals surface area contributed by atoms with Crippen LogP contribution in [-0.4, -0.2) is 46.0 Å². The summed E-state index contributed by atoms with van der Waals surface area (Å²) in [4.78, 5) is 50.8. The van der Waals surface area contributed by atoms with Crippen molar-refractivity contribution < 1.29 is 38.4 Å². The molecule has 0 aliphatic carbocycles. The highest BCUT2D eigenvalue weighted by molar-refractivity contribution is 7.58. The number of amides is 2. The van der Waals surface area contributed by atoms with Crippen molar-refractivity contribution in [3.63, 3.8) is 0 Å². The van der Waals surface area contributed by atoms with E-state index in [1.165, 1.54) is 19.1 Å². The number of hydrogen-bond donors (Lipinski definition) is 4. The van der Waals surface area contributed by atoms with Crippen molar-refractivity contribution in [2.75, 3.05) is 6.16 Å². The largest absolute Gasteiger partial charge is 0.508 e. The summed E-state index contributed by atoms with van der Waals surface area (Å²) in [7, 11) is -4.19. The van der Waals surface area contributed by atoms with Gasteiger partial charge in [0.05, 0.1) is 5.92 Å². The summed E-state index contributed by atoms with van der Waals surface area (Å²) in [6, 6.07) is 32.2. The van der Waals surface area contributed by atoms with Crippen LogP contribution in [0, 0.1) is 5.92 Å². The minimum atomic E-state index is -4.19. The van der Waals surface area contributed by atoms with Crippen molar-refractivity contribution in [3.8, 4) is 5.75 Å². The summed E-state index contributed by atoms with van der Waals surface area (Å²) in [5, 5.41) is 14.9. The highest BCUT2D eigenvalue weighted by Gasteiger charge is 2.36. The maximum atomic E-state index is 13.9. The zero-order chi connectivity index (χ0) is 33.6. The highest BCUT2D eigenvalue weighted by Crippen LogP contribution is 2.47. The maximum Gasteiger partial charge on any atom is 0.408 e. The van der Waals surface area contributed by atoms with Crippen molar-refractivity contribution in [1.29, 1.82) is 0 Å². The third kappa shape index (κ3) is 11.4. The third-order valence-electron chi connectivity index (χ3n) is 7.52. The number of benzene rings is 4. The van der Waals surface area contributed by atoms with E-state index < -0.39 is 49.2 Å². The molecule has 0 aromatic heterocycles. The average molecular weight is 659 g/mol. The van der Waals surface area contributed by atoms with Crippen molar-refractivity contribution in [2.45, 2.75) is 44.8 Å². The molecule has 11 heteroatoms. The molecular weight excluding hydrogens is 619 g/mol. The lowest BCUT2D eigenvalue weighted by atomic mass is 9.99. The Bertz CT molecular complexity index is 1640. The van der Waals surface area contributed by atoms with Gasteiger partial charge in [-0.3, -0.25) is 9.36 Å². The number of hydrogen-bond acceptors (Lipinski definition) is 7. The van der Waals surface area contributed by atoms with Gasteiger partial charge in [-0.1, -0.05) is 103 Å². The summed E-state index contributed by atoms with van der Waals surface area (Å²) in [5.74, 6) is -3.52. The van der Waals surface area contributed by atoms with E-state index in [9.17, 15) is 28.9 Å². The average Bonchev–Trinajstić information content (AvgIpc) is 3.08. The number of alkyl carbamates (subject to hydrolysis) is 1. The summed E-state index contributed by atoms with van der Waals surface area (Å²) in [6.45, 7) is 1.36. The molecule has 10 nitrogen and oxygen atoms in total. The van der Waals surface area contributed by atoms with Crippen LogP contribution in [0.4, 0.5) is 4.79 Å². The van der Waals surface area contributed by atoms with Crippen LogP contribution in [0.5, 0.6) is 5.75 Å². The Kier molecular flexibility index (Phi) is 12.7. The molecule has 0 saturated heterocycles. The van der Waals surface area contributed by atoms with E-state index in [4.69, 9.17) is 9.47 Å². The van der Waals surface area contributed by atoms with E-state index in [-0.39, 0.29) is 31.8 Å². The van der Waals surface area contributed by atoms with Crippen LogP contribution >= 0.6 is 7.37 Å². The second-order valence-corrected chi connectivity index (χ2v) is 13.9. The first kappa shape index (κ1) is 34.9. The number of phenolic OH excluding ortho intramolecular Hbond substituents is 1. The molecule has 0 heterocycles. The number of nitrogens with one attached hydrogen (secondary N) is 2. The van der Waals surface area contributed by atoms with Gasteiger partial charge in [-0.25, -0.2) is 9.59 Å². The molecule has 4 atom stereocenters. The zero-order valence-corrected chi connectivity index (χ0v) is 26.9. The Morgan fingerprint density at radius 2 is 1.17 bits per heavy atom. The van der Waals surface area contributed by atoms with Crippen LogP contribution in [0.3, 0.4) is 0 Å². The molecule has 4 rings (SSSR count). The van der Waals surface area contributed by atoms with Crippen molar-refractivity contribution in [1.82, 2.24) is 10.6 Å². The molecule has 0 spiro atoms. The van der Waals surface area contributed by atoms with Crippen molar-refractivity contribution in [3.05, 3.63) is 138 Å². The molecule has 246 valence electrons. The van der Waals surface area contributed by atoms with Gasteiger partial charge in [0.2, 0.25) is 13.3 Å². The third-order valence-corrected chi connectivity index (χ3v) is 9.83. The minimum Gasteiger partial charge on any atom is -0.508 e. The number of esters is 1. The summed E-state index contributed by atoms with van der Waals surface area (Å²) in [5.41, 5.74) is 2.93. The van der Waals surface area contributed by atoms with Crippen LogP contribution in [0.1, 0.15) is 29.2 Å². The van der Waals surface area contributed by atoms with E-state index in [2.05, 4.69) is 10.6 Å². The number of phenols is 1. The molecule has 0 aliphatic rings. The van der Waals surface area contributed by atoms with Gasteiger partial charge >= 0.3 is 12.1 Å². The quantitative estimate of drug-likeness (QED) is 0.0957. The molecule has 4 aromatic rings. The first-order chi connectivity index (χ1) is 22.6. The standard InChI is InChI=1S/C36H39N2O8P/c1-26(37-36(42)46-24-30-15-9-4-10-16-30)47(43,44)25-31(21-27-11-5-2-6-12-27)34(40)38-33(22-28-17-19-32(39)20-18-28)35(41)45-23-29-13-7-3-8-14-29/h2-20,26,31,33,39H,21-25H2,1H3,(H,37,42)(H,38,40)(H,43,44)/t26-,31-,33+/m1/s1. The van der Waals surface area contributed by atoms with Gasteiger partial charge in [0.15, 0.2) is 0 Å². The van der Waals surface area contributed by atoms with Gasteiger partial charge in [0.1, 0.15) is 30.8 Å². The van der Waals surface area contributed by atoms with Gasteiger partial charge in [-0.05, 0) is 47.7 Å². The highest BCUT2D eigenvalue weighted by atomic mass is 31.2. The van der Waals surface area contributed by atoms with Crippen LogP contribution in [-0.2, 0) is 49.7 Å². The van der Waals surface area contributed by atoms with E-state index in [0.717, 1.165) is 16.7 Å². The molecule has 2 amide bonds. The molecule has 0 radical (unpaired) electrons. The van der Waals surface area contributed by atoms with Gasteiger partial charge in [-0.2, -0.15) is 0 Å². The molecular formula is C36H39N2O8P. The summed E-state index contributed by atoms with van der Waals surface area (Å²) in [6.07, 6.45) is -1.18. The first-order valence-corrected chi connectivity index (χ1v) is 17.1. The lowest BCUT2D eigenvalue weighted by Crippen LogP contribution is -2.47. The first-order valence-electron chi connectivity index (χ1n) is 15.2. The Morgan fingerprint density at radius 3 is 1.72 bits per heavy atom. The fourth-order valence-corrected chi connectivity index (χ4v) is 6.38. The normalized spacial score (nSPS) is 14.1. The van der Waals surface area contributed by atoms with E-state index in [1.807, 2.05) is 42.5 Å². The molecule has 4 aromatic carbocycles. The van der Waals surface area contributed by atoms with Crippen LogP contribution in [0.15, 0.2) is 115 Å². The number of carbonyl (C=O) groups excluding carboxylic acids is 3. The van der Waals surface area contributed by atoms with Crippen LogP contribution in [0.2, 0.25) is 0 Å². The van der Waals surface area contributed by atoms with Crippen molar-refractivity contribution in [2.24, 2.45) is 5.92 Å². The number of carbonyl (C=O) groups is 3. The predicted octanol–water partition coefficient (Wildman–Crippen LogP) is 5.56. The lowest BCUT2D eigenvalue weighted by Gasteiger charge is -2.26. The lowest BCUT2D eigenvalue weighted by molar-refractivity contribution is -0.149. The second kappa shape index (κ2) is 17.1. The van der Waals surface area contributed by atoms with Crippen LogP contribution < -0.4 is 10.6 Å². The molecule has 0 aliphatic heterocycles. The van der Waals surface area contributed by atoms with Crippen LogP contribution in [0.25, 0.3) is 0 Å². The smallest absolute Gasteiger partial charge is 0.408 e. The molecule has 0 saturated carbocycles. The maximum absolute atomic E-state index is 13.9. The number of aromatic hydroxyl groups is 1. The Labute approximate surface area is 274 Å². The fraction of sp³-hybridized carbons (Fsp3) is 0.250. The van der Waals surface area contributed by atoms with E-state index in [0.29, 0.717) is 5.56 Å². The molecule has 0 fully saturated rings. The second-order valence-electron chi connectivity index (χ2n) is 11.2. The number of rotatable bonds is 15. The Morgan fingerprint density at radius 1 is 0.681 bits per heavy atom. The zero-order valence-electron chi connectivity index (χ0n) is 26.0. The van der Waals surface area contributed by atoms with Gasteiger partial charge < -0.3 is 30.1 Å². The molecule has 47 heavy (non-hydrogen) atoms. The fourth-order valence-electron chi connectivity index (χ4n) is 4.83. The van der Waals surface area contributed by atoms with E-state index >= 15 is 0 Å². The van der Waals surface area contributed by atoms with E-state index in [1.54, 1.807) is 60.7 Å². The minimum absolute atomic E-state index is 0.00946. The Balaban J connectivity index is 1.49. The predicted molar refractivity (Wildman–Crippen MR) is 178 cm³/mol. The number of ether oxygens (including phenoxy) is 2. The summed E-state index contributed by atoms with van der Waals surface area (Å²) >= 11 is 0. The monoisotopic (exact) mass is 658 g/mol. The Hall–Kier alpha value is -4.92. The molecule has 0 bridgehead atoms. The van der Waals surface area contributed by atoms with Gasteiger partial charge in [0.25, 0.3) is 0 Å². The van der Waals surface area contributed by atoms with Crippen molar-refractivity contribution >= 4 is 25.3 Å². The van der Waals surface area contributed by atoms with Gasteiger partial charge in [-0.15, -0.1) is 0 Å². The van der Waals surface area contributed by atoms with Gasteiger partial charge in [0, 0.05) is 12.6 Å². The summed E-state index contributed by atoms with van der Waals surface area (Å²) < 4.78 is 24.4. The molecule has 1 unspecified atom stereocenters. The SMILES string of the molecule is C[C@H](NC(=O)OCc1ccccc1)P(=O)(O)C[C@@H](Cc1ccccc1)C(=O)N[C@@H](Cc1ccc(O)cc1)C(=O)OCc1ccccc1. The topological polar surface area (TPSA) is 151 Å². The molecule has 4 N–H and O–H groups in total.